The van der Waals surface area contributed by atoms with Crippen molar-refractivity contribution in [1.82, 2.24) is 5.32 Å². The Morgan fingerprint density at radius 3 is 2.63 bits per heavy atom. The minimum Gasteiger partial charge on any atom is -0.377 e. The van der Waals surface area contributed by atoms with E-state index in [-0.39, 0.29) is 11.7 Å². The van der Waals surface area contributed by atoms with Crippen LogP contribution in [0.5, 0.6) is 0 Å². The first-order chi connectivity index (χ1) is 9.13. The van der Waals surface area contributed by atoms with Crippen LogP contribution < -0.4 is 10.2 Å². The quantitative estimate of drug-likeness (QED) is 0.908. The molecule has 2 rings (SSSR count). The van der Waals surface area contributed by atoms with Crippen molar-refractivity contribution < 1.29 is 13.5 Å². The highest BCUT2D eigenvalue weighted by atomic mass is 19.1. The zero-order valence-electron chi connectivity index (χ0n) is 11.4. The predicted molar refractivity (Wildman–Crippen MR) is 71.4 cm³/mol. The van der Waals surface area contributed by atoms with Crippen LogP contribution >= 0.6 is 0 Å². The highest BCUT2D eigenvalue weighted by molar-refractivity contribution is 5.52. The van der Waals surface area contributed by atoms with E-state index in [2.05, 4.69) is 5.32 Å². The predicted octanol–water partition coefficient (Wildman–Crippen LogP) is 2.30. The first-order valence-electron chi connectivity index (χ1n) is 6.66. The number of benzene rings is 1. The molecule has 3 nitrogen and oxygen atoms in total. The van der Waals surface area contributed by atoms with Gasteiger partial charge in [0.2, 0.25) is 0 Å². The average Bonchev–Trinajstić information content (AvgIpc) is 2.38. The molecular formula is C14H20F2N2O. The van der Waals surface area contributed by atoms with Gasteiger partial charge in [0.05, 0.1) is 13.2 Å². The van der Waals surface area contributed by atoms with Crippen molar-refractivity contribution in [3.8, 4) is 0 Å². The van der Waals surface area contributed by atoms with Gasteiger partial charge in [-0.25, -0.2) is 8.78 Å². The van der Waals surface area contributed by atoms with Gasteiger partial charge in [-0.3, -0.25) is 0 Å². The molecule has 0 aromatic heterocycles. The molecule has 1 aliphatic heterocycles. The smallest absolute Gasteiger partial charge is 0.149 e. The van der Waals surface area contributed by atoms with Gasteiger partial charge < -0.3 is 15.0 Å². The number of rotatable bonds is 4. The molecule has 0 spiro atoms. The van der Waals surface area contributed by atoms with Crippen LogP contribution in [0.15, 0.2) is 12.1 Å². The fraction of sp³-hybridized carbons (Fsp3) is 0.571. The van der Waals surface area contributed by atoms with Gasteiger partial charge in [0, 0.05) is 19.1 Å². The summed E-state index contributed by atoms with van der Waals surface area (Å²) in [5, 5.41) is 3.06. The van der Waals surface area contributed by atoms with Gasteiger partial charge in [-0.2, -0.15) is 0 Å². The van der Waals surface area contributed by atoms with Crippen molar-refractivity contribution in [1.29, 1.82) is 0 Å². The van der Waals surface area contributed by atoms with E-state index in [4.69, 9.17) is 4.74 Å². The lowest BCUT2D eigenvalue weighted by Crippen LogP contribution is -2.44. The van der Waals surface area contributed by atoms with E-state index < -0.39 is 11.6 Å². The summed E-state index contributed by atoms with van der Waals surface area (Å²) in [6.45, 7) is 6.62. The summed E-state index contributed by atoms with van der Waals surface area (Å²) < 4.78 is 33.6. The van der Waals surface area contributed by atoms with Crippen LogP contribution in [-0.2, 0) is 11.3 Å². The minimum absolute atomic E-state index is 0.0163. The highest BCUT2D eigenvalue weighted by Crippen LogP contribution is 2.28. The standard InChI is InChI=1S/C14H20F2N2O/c1-3-17-8-11-6-12(15)14(13(16)7-11)18-4-5-19-9-10(18)2/h6-7,10,17H,3-5,8-9H2,1-2H3. The first kappa shape index (κ1) is 14.2. The van der Waals surface area contributed by atoms with Gasteiger partial charge in [-0.15, -0.1) is 0 Å². The van der Waals surface area contributed by atoms with Crippen molar-refractivity contribution in [2.24, 2.45) is 0 Å². The van der Waals surface area contributed by atoms with Crippen LogP contribution in [0.2, 0.25) is 0 Å². The van der Waals surface area contributed by atoms with Gasteiger partial charge in [0.25, 0.3) is 0 Å². The Balaban J connectivity index is 2.25. The maximum absolute atomic E-state index is 14.1. The second-order valence-electron chi connectivity index (χ2n) is 4.81. The normalized spacial score (nSPS) is 19.8. The fourth-order valence-corrected chi connectivity index (χ4v) is 2.32. The molecule has 1 heterocycles. The maximum atomic E-state index is 14.1. The summed E-state index contributed by atoms with van der Waals surface area (Å²) in [5.74, 6) is -0.997. The second-order valence-corrected chi connectivity index (χ2v) is 4.81. The zero-order chi connectivity index (χ0) is 13.8. The number of morpholine rings is 1. The van der Waals surface area contributed by atoms with E-state index in [0.717, 1.165) is 6.54 Å². The topological polar surface area (TPSA) is 24.5 Å². The summed E-state index contributed by atoms with van der Waals surface area (Å²) in [6, 6.07) is 2.80. The van der Waals surface area contributed by atoms with E-state index in [1.54, 1.807) is 4.90 Å². The lowest BCUT2D eigenvalue weighted by Gasteiger charge is -2.35. The summed E-state index contributed by atoms with van der Waals surface area (Å²) in [7, 11) is 0. The van der Waals surface area contributed by atoms with E-state index in [9.17, 15) is 8.78 Å². The molecule has 106 valence electrons. The maximum Gasteiger partial charge on any atom is 0.149 e. The van der Waals surface area contributed by atoms with Gasteiger partial charge in [-0.1, -0.05) is 6.92 Å². The molecule has 5 heteroatoms. The van der Waals surface area contributed by atoms with Gasteiger partial charge >= 0.3 is 0 Å². The molecule has 1 aliphatic rings. The number of anilines is 1. The lowest BCUT2D eigenvalue weighted by atomic mass is 10.1. The van der Waals surface area contributed by atoms with Crippen LogP contribution in [0, 0.1) is 11.6 Å². The van der Waals surface area contributed by atoms with Crippen molar-refractivity contribution >= 4 is 5.69 Å². The molecule has 1 N–H and O–H groups in total. The van der Waals surface area contributed by atoms with Crippen LogP contribution in [0.3, 0.4) is 0 Å². The van der Waals surface area contributed by atoms with E-state index >= 15 is 0 Å². The highest BCUT2D eigenvalue weighted by Gasteiger charge is 2.25. The summed E-state index contributed by atoms with van der Waals surface area (Å²) in [4.78, 5) is 1.74. The van der Waals surface area contributed by atoms with Crippen LogP contribution in [0.25, 0.3) is 0 Å². The van der Waals surface area contributed by atoms with Gasteiger partial charge in [0.15, 0.2) is 0 Å². The molecule has 19 heavy (non-hydrogen) atoms. The Hall–Kier alpha value is -1.20. The third kappa shape index (κ3) is 3.22. The molecule has 0 bridgehead atoms. The summed E-state index contributed by atoms with van der Waals surface area (Å²) >= 11 is 0. The monoisotopic (exact) mass is 270 g/mol. The lowest BCUT2D eigenvalue weighted by molar-refractivity contribution is 0.0982. The Bertz CT molecular complexity index is 416. The Morgan fingerprint density at radius 1 is 1.37 bits per heavy atom. The third-order valence-electron chi connectivity index (χ3n) is 3.31. The molecule has 1 atom stereocenters. The average molecular weight is 270 g/mol. The van der Waals surface area contributed by atoms with E-state index in [0.29, 0.717) is 31.9 Å². The summed E-state index contributed by atoms with van der Waals surface area (Å²) in [5.41, 5.74) is 0.692. The van der Waals surface area contributed by atoms with Crippen molar-refractivity contribution in [3.63, 3.8) is 0 Å². The number of hydrogen-bond acceptors (Lipinski definition) is 3. The Labute approximate surface area is 112 Å². The SMILES string of the molecule is CCNCc1cc(F)c(N2CCOCC2C)c(F)c1. The molecule has 1 unspecified atom stereocenters. The van der Waals surface area contributed by atoms with Crippen molar-refractivity contribution in [2.75, 3.05) is 31.2 Å². The molecule has 0 radical (unpaired) electrons. The molecule has 0 amide bonds. The molecule has 1 saturated heterocycles. The fourth-order valence-electron chi connectivity index (χ4n) is 2.32. The number of nitrogens with zero attached hydrogens (tertiary/aromatic N) is 1. The van der Waals surface area contributed by atoms with Gasteiger partial charge in [-0.05, 0) is 31.2 Å². The molecule has 0 aliphatic carbocycles. The zero-order valence-corrected chi connectivity index (χ0v) is 11.4. The van der Waals surface area contributed by atoms with Crippen molar-refractivity contribution in [3.05, 3.63) is 29.3 Å². The van der Waals surface area contributed by atoms with Crippen molar-refractivity contribution in [2.45, 2.75) is 26.4 Å². The van der Waals surface area contributed by atoms with Crippen LogP contribution in [0.1, 0.15) is 19.4 Å². The number of nitrogens with one attached hydrogen (secondary N) is 1. The number of halogens is 2. The van der Waals surface area contributed by atoms with Crippen LogP contribution in [0.4, 0.5) is 14.5 Å². The Kier molecular flexibility index (Phi) is 4.71. The molecular weight excluding hydrogens is 250 g/mol. The molecule has 1 fully saturated rings. The first-order valence-corrected chi connectivity index (χ1v) is 6.66. The summed E-state index contributed by atoms with van der Waals surface area (Å²) in [6.07, 6.45) is 0. The number of hydrogen-bond donors (Lipinski definition) is 1. The van der Waals surface area contributed by atoms with Gasteiger partial charge in [0.1, 0.15) is 17.3 Å². The molecule has 0 saturated carbocycles. The third-order valence-corrected chi connectivity index (χ3v) is 3.31. The van der Waals surface area contributed by atoms with Crippen LogP contribution in [-0.4, -0.2) is 32.3 Å². The Morgan fingerprint density at radius 2 is 2.05 bits per heavy atom. The van der Waals surface area contributed by atoms with E-state index in [1.165, 1.54) is 12.1 Å². The molecule has 1 aromatic carbocycles. The molecule has 1 aromatic rings. The minimum atomic E-state index is -0.498. The largest absolute Gasteiger partial charge is 0.377 e. The second kappa shape index (κ2) is 6.30. The number of ether oxygens (including phenoxy) is 1. The van der Waals surface area contributed by atoms with E-state index in [1.807, 2.05) is 13.8 Å².